The van der Waals surface area contributed by atoms with Crippen LogP contribution in [-0.2, 0) is 4.79 Å². The molecule has 2 aromatic rings. The maximum atomic E-state index is 12.3. The van der Waals surface area contributed by atoms with E-state index >= 15 is 0 Å². The number of likely N-dealkylation sites (N-methyl/N-ethyl adjacent to an activating group) is 1. The van der Waals surface area contributed by atoms with Gasteiger partial charge in [-0.3, -0.25) is 4.79 Å². The number of ether oxygens (including phenoxy) is 1. The quantitative estimate of drug-likeness (QED) is 0.835. The van der Waals surface area contributed by atoms with Crippen LogP contribution in [0.3, 0.4) is 0 Å². The minimum Gasteiger partial charge on any atom is -0.484 e. The van der Waals surface area contributed by atoms with Gasteiger partial charge in [0.25, 0.3) is 5.91 Å². The average molecular weight is 347 g/mol. The molecule has 0 saturated heterocycles. The number of carbonyl (C=O) groups excluding carboxylic acids is 1. The number of hydrogen-bond donors (Lipinski definition) is 1. The summed E-state index contributed by atoms with van der Waals surface area (Å²) in [7, 11) is 3.96. The highest BCUT2D eigenvalue weighted by Crippen LogP contribution is 2.21. The van der Waals surface area contributed by atoms with E-state index in [9.17, 15) is 4.79 Å². The van der Waals surface area contributed by atoms with Crippen LogP contribution in [0.25, 0.3) is 0 Å². The predicted octanol–water partition coefficient (Wildman–Crippen LogP) is 3.45. The summed E-state index contributed by atoms with van der Waals surface area (Å²) in [4.78, 5) is 14.3. The van der Waals surface area contributed by atoms with Crippen molar-refractivity contribution in [3.05, 3.63) is 64.7 Å². The van der Waals surface area contributed by atoms with E-state index in [0.717, 1.165) is 17.7 Å². The first-order valence-electron chi connectivity index (χ1n) is 7.83. The van der Waals surface area contributed by atoms with Crippen molar-refractivity contribution in [2.75, 3.05) is 27.2 Å². The number of aryl methyl sites for hydroxylation is 1. The van der Waals surface area contributed by atoms with Crippen LogP contribution in [0, 0.1) is 6.92 Å². The number of nitrogens with one attached hydrogen (secondary N) is 1. The van der Waals surface area contributed by atoms with Crippen LogP contribution in [-0.4, -0.2) is 38.1 Å². The Morgan fingerprint density at radius 3 is 2.54 bits per heavy atom. The molecule has 0 aromatic heterocycles. The summed E-state index contributed by atoms with van der Waals surface area (Å²) in [5, 5.41) is 3.69. The van der Waals surface area contributed by atoms with Crippen LogP contribution < -0.4 is 10.1 Å². The van der Waals surface area contributed by atoms with Crippen LogP contribution in [0.15, 0.2) is 48.5 Å². The third-order valence-electron chi connectivity index (χ3n) is 3.58. The lowest BCUT2D eigenvalue weighted by Gasteiger charge is -2.23. The van der Waals surface area contributed by atoms with Gasteiger partial charge in [-0.2, -0.15) is 0 Å². The van der Waals surface area contributed by atoms with E-state index in [-0.39, 0.29) is 18.6 Å². The molecule has 2 rings (SSSR count). The van der Waals surface area contributed by atoms with Gasteiger partial charge in [-0.1, -0.05) is 41.9 Å². The Hall–Kier alpha value is -2.04. The SMILES string of the molecule is Cc1cc(Cl)ccc1OCC(=O)N[C@H](CN(C)C)c1ccccc1. The average Bonchev–Trinajstić information content (AvgIpc) is 2.54. The lowest BCUT2D eigenvalue weighted by Crippen LogP contribution is -2.37. The van der Waals surface area contributed by atoms with Crippen LogP contribution in [0.2, 0.25) is 5.02 Å². The Morgan fingerprint density at radius 1 is 1.21 bits per heavy atom. The van der Waals surface area contributed by atoms with Crippen LogP contribution in [0.1, 0.15) is 17.2 Å². The van der Waals surface area contributed by atoms with E-state index in [1.54, 1.807) is 12.1 Å². The molecular weight excluding hydrogens is 324 g/mol. The lowest BCUT2D eigenvalue weighted by atomic mass is 10.1. The first-order chi connectivity index (χ1) is 11.5. The Balaban J connectivity index is 1.97. The Kier molecular flexibility index (Phi) is 6.64. The normalized spacial score (nSPS) is 12.0. The van der Waals surface area contributed by atoms with Crippen molar-refractivity contribution in [1.29, 1.82) is 0 Å². The monoisotopic (exact) mass is 346 g/mol. The van der Waals surface area contributed by atoms with Gasteiger partial charge in [0.05, 0.1) is 6.04 Å². The summed E-state index contributed by atoms with van der Waals surface area (Å²) in [6.07, 6.45) is 0. The van der Waals surface area contributed by atoms with E-state index < -0.39 is 0 Å². The first kappa shape index (κ1) is 18.3. The van der Waals surface area contributed by atoms with Crippen molar-refractivity contribution in [3.63, 3.8) is 0 Å². The maximum absolute atomic E-state index is 12.3. The zero-order valence-corrected chi connectivity index (χ0v) is 15.0. The largest absolute Gasteiger partial charge is 0.484 e. The second-order valence-electron chi connectivity index (χ2n) is 5.99. The van der Waals surface area contributed by atoms with Crippen LogP contribution in [0.4, 0.5) is 0 Å². The molecule has 1 N–H and O–H groups in total. The molecule has 1 amide bonds. The van der Waals surface area contributed by atoms with E-state index in [2.05, 4.69) is 5.32 Å². The molecule has 0 unspecified atom stereocenters. The van der Waals surface area contributed by atoms with Crippen molar-refractivity contribution in [2.45, 2.75) is 13.0 Å². The molecule has 0 saturated carbocycles. The molecule has 5 heteroatoms. The van der Waals surface area contributed by atoms with Gasteiger partial charge in [0.2, 0.25) is 0 Å². The summed E-state index contributed by atoms with van der Waals surface area (Å²) in [6.45, 7) is 2.59. The minimum absolute atomic E-state index is 0.0285. The van der Waals surface area contributed by atoms with Gasteiger partial charge < -0.3 is 15.0 Å². The van der Waals surface area contributed by atoms with Gasteiger partial charge in [0.15, 0.2) is 6.61 Å². The standard InChI is InChI=1S/C19H23ClN2O2/c1-14-11-16(20)9-10-18(14)24-13-19(23)21-17(12-22(2)3)15-7-5-4-6-8-15/h4-11,17H,12-13H2,1-3H3,(H,21,23)/t17-/m1/s1. The molecular formula is C19H23ClN2O2. The van der Waals surface area contributed by atoms with E-state index in [0.29, 0.717) is 10.8 Å². The van der Waals surface area contributed by atoms with E-state index in [4.69, 9.17) is 16.3 Å². The van der Waals surface area contributed by atoms with Gasteiger partial charge in [0.1, 0.15) is 5.75 Å². The zero-order valence-electron chi connectivity index (χ0n) is 14.3. The second-order valence-corrected chi connectivity index (χ2v) is 6.43. The summed E-state index contributed by atoms with van der Waals surface area (Å²) in [5.41, 5.74) is 1.98. The number of nitrogens with zero attached hydrogens (tertiary/aromatic N) is 1. The highest BCUT2D eigenvalue weighted by Gasteiger charge is 2.16. The zero-order chi connectivity index (χ0) is 17.5. The minimum atomic E-state index is -0.153. The maximum Gasteiger partial charge on any atom is 0.258 e. The number of benzene rings is 2. The molecule has 4 nitrogen and oxygen atoms in total. The first-order valence-corrected chi connectivity index (χ1v) is 8.21. The molecule has 0 spiro atoms. The molecule has 2 aromatic carbocycles. The molecule has 128 valence electrons. The van der Waals surface area contributed by atoms with Crippen molar-refractivity contribution >= 4 is 17.5 Å². The summed E-state index contributed by atoms with van der Waals surface area (Å²) >= 11 is 5.93. The van der Waals surface area contributed by atoms with Gasteiger partial charge in [-0.15, -0.1) is 0 Å². The summed E-state index contributed by atoms with van der Waals surface area (Å²) in [5.74, 6) is 0.512. The van der Waals surface area contributed by atoms with Gasteiger partial charge in [-0.25, -0.2) is 0 Å². The Morgan fingerprint density at radius 2 is 1.92 bits per heavy atom. The number of halogens is 1. The Labute approximate surface area is 148 Å². The molecule has 24 heavy (non-hydrogen) atoms. The fourth-order valence-electron chi connectivity index (χ4n) is 2.44. The van der Waals surface area contributed by atoms with Gasteiger partial charge in [0, 0.05) is 11.6 Å². The molecule has 1 atom stereocenters. The van der Waals surface area contributed by atoms with Crippen LogP contribution >= 0.6 is 11.6 Å². The smallest absolute Gasteiger partial charge is 0.258 e. The molecule has 0 aliphatic carbocycles. The number of carbonyl (C=O) groups is 1. The highest BCUT2D eigenvalue weighted by molar-refractivity contribution is 6.30. The van der Waals surface area contributed by atoms with Crippen LogP contribution in [0.5, 0.6) is 5.75 Å². The third-order valence-corrected chi connectivity index (χ3v) is 3.82. The summed E-state index contributed by atoms with van der Waals surface area (Å²) in [6, 6.07) is 15.2. The molecule has 0 heterocycles. The molecule has 0 aliphatic heterocycles. The highest BCUT2D eigenvalue weighted by atomic mass is 35.5. The lowest BCUT2D eigenvalue weighted by molar-refractivity contribution is -0.124. The molecule has 0 fully saturated rings. The van der Waals surface area contributed by atoms with Crippen molar-refractivity contribution in [1.82, 2.24) is 10.2 Å². The number of hydrogen-bond acceptors (Lipinski definition) is 3. The van der Waals surface area contributed by atoms with Crippen molar-refractivity contribution < 1.29 is 9.53 Å². The summed E-state index contributed by atoms with van der Waals surface area (Å²) < 4.78 is 5.61. The number of rotatable bonds is 7. The van der Waals surface area contributed by atoms with Gasteiger partial charge in [-0.05, 0) is 50.3 Å². The Bertz CT molecular complexity index is 674. The number of amides is 1. The topological polar surface area (TPSA) is 41.6 Å². The van der Waals surface area contributed by atoms with Crippen molar-refractivity contribution in [2.24, 2.45) is 0 Å². The van der Waals surface area contributed by atoms with Gasteiger partial charge >= 0.3 is 0 Å². The van der Waals surface area contributed by atoms with Crippen molar-refractivity contribution in [3.8, 4) is 5.75 Å². The fourth-order valence-corrected chi connectivity index (χ4v) is 2.67. The predicted molar refractivity (Wildman–Crippen MR) is 97.6 cm³/mol. The molecule has 0 bridgehead atoms. The fraction of sp³-hybridized carbons (Fsp3) is 0.316. The molecule has 0 aliphatic rings. The van der Waals surface area contributed by atoms with E-state index in [1.165, 1.54) is 0 Å². The second kappa shape index (κ2) is 8.71. The molecule has 0 radical (unpaired) electrons. The van der Waals surface area contributed by atoms with E-state index in [1.807, 2.05) is 62.3 Å². The third kappa shape index (κ3) is 5.55.